The van der Waals surface area contributed by atoms with Gasteiger partial charge < -0.3 is 15.4 Å². The Hall–Kier alpha value is -0.610. The molecule has 0 bridgehead atoms. The minimum absolute atomic E-state index is 0.0879. The van der Waals surface area contributed by atoms with E-state index >= 15 is 0 Å². The van der Waals surface area contributed by atoms with Crippen LogP contribution in [0.2, 0.25) is 0 Å². The Morgan fingerprint density at radius 1 is 1.28 bits per heavy atom. The second-order valence-corrected chi connectivity index (χ2v) is 5.74. The molecule has 104 valence electrons. The van der Waals surface area contributed by atoms with Gasteiger partial charge in [-0.05, 0) is 31.1 Å². The fraction of sp³-hybridized carbons (Fsp3) is 0.929. The third-order valence-corrected chi connectivity index (χ3v) is 4.66. The predicted molar refractivity (Wildman–Crippen MR) is 71.4 cm³/mol. The van der Waals surface area contributed by atoms with Crippen LogP contribution in [-0.2, 0) is 9.53 Å². The molecule has 0 radical (unpaired) electrons. The molecule has 2 N–H and O–H groups in total. The van der Waals surface area contributed by atoms with Crippen molar-refractivity contribution < 1.29 is 9.53 Å². The van der Waals surface area contributed by atoms with Crippen molar-refractivity contribution in [1.29, 1.82) is 0 Å². The molecule has 0 aliphatic heterocycles. The maximum absolute atomic E-state index is 11.6. The van der Waals surface area contributed by atoms with Gasteiger partial charge in [0, 0.05) is 19.7 Å². The fourth-order valence-electron chi connectivity index (χ4n) is 3.44. The van der Waals surface area contributed by atoms with Crippen LogP contribution in [-0.4, -0.2) is 38.8 Å². The van der Waals surface area contributed by atoms with Crippen LogP contribution in [0.5, 0.6) is 0 Å². The lowest BCUT2D eigenvalue weighted by Crippen LogP contribution is -2.56. The minimum atomic E-state index is 0.0879. The molecule has 0 heterocycles. The summed E-state index contributed by atoms with van der Waals surface area (Å²) in [6.07, 6.45) is 9.45. The second-order valence-electron chi connectivity index (χ2n) is 5.74. The van der Waals surface area contributed by atoms with Crippen LogP contribution < -0.4 is 10.6 Å². The van der Waals surface area contributed by atoms with E-state index in [1.54, 1.807) is 7.11 Å². The Balaban J connectivity index is 1.65. The fourth-order valence-corrected chi connectivity index (χ4v) is 3.44. The highest BCUT2D eigenvalue weighted by atomic mass is 16.5. The zero-order valence-corrected chi connectivity index (χ0v) is 11.5. The van der Waals surface area contributed by atoms with E-state index in [1.807, 2.05) is 0 Å². The van der Waals surface area contributed by atoms with Crippen LogP contribution in [0.3, 0.4) is 0 Å². The quantitative estimate of drug-likeness (QED) is 0.705. The number of ether oxygens (including phenoxy) is 1. The van der Waals surface area contributed by atoms with Crippen LogP contribution in [0.4, 0.5) is 0 Å². The molecule has 18 heavy (non-hydrogen) atoms. The van der Waals surface area contributed by atoms with Gasteiger partial charge in [0.2, 0.25) is 5.91 Å². The van der Waals surface area contributed by atoms with Crippen LogP contribution in [0.25, 0.3) is 0 Å². The number of nitrogens with one attached hydrogen (secondary N) is 2. The van der Waals surface area contributed by atoms with E-state index < -0.39 is 0 Å². The van der Waals surface area contributed by atoms with Gasteiger partial charge in [-0.3, -0.25) is 4.79 Å². The predicted octanol–water partition coefficient (Wildman–Crippen LogP) is 1.45. The molecule has 0 saturated heterocycles. The van der Waals surface area contributed by atoms with Gasteiger partial charge in [-0.2, -0.15) is 0 Å². The van der Waals surface area contributed by atoms with Crippen molar-refractivity contribution in [3.8, 4) is 0 Å². The number of amides is 1. The lowest BCUT2D eigenvalue weighted by Gasteiger charge is -2.52. The average Bonchev–Trinajstić information content (AvgIpc) is 2.39. The molecule has 0 aromatic rings. The van der Waals surface area contributed by atoms with Crippen molar-refractivity contribution in [1.82, 2.24) is 10.6 Å². The van der Waals surface area contributed by atoms with Gasteiger partial charge in [-0.1, -0.05) is 19.3 Å². The van der Waals surface area contributed by atoms with Crippen molar-refractivity contribution in [3.05, 3.63) is 0 Å². The normalized spacial score (nSPS) is 25.7. The highest BCUT2D eigenvalue weighted by Gasteiger charge is 2.46. The monoisotopic (exact) mass is 254 g/mol. The molecule has 4 nitrogen and oxygen atoms in total. The molecule has 4 heteroatoms. The number of hydrogen-bond acceptors (Lipinski definition) is 3. The topological polar surface area (TPSA) is 50.4 Å². The molecule has 0 aromatic carbocycles. The molecule has 1 spiro atoms. The molecule has 2 aliphatic rings. The van der Waals surface area contributed by atoms with Gasteiger partial charge in [0.1, 0.15) is 0 Å². The Labute approximate surface area is 110 Å². The second kappa shape index (κ2) is 6.53. The van der Waals surface area contributed by atoms with Crippen LogP contribution in [0.15, 0.2) is 0 Å². The first-order valence-corrected chi connectivity index (χ1v) is 7.26. The average molecular weight is 254 g/mol. The standard InChI is InChI=1S/C14H26N2O2/c1-18-10-9-15-13(17)11-16-12-5-8-14(12)6-3-2-4-7-14/h12,16H,2-11H2,1H3,(H,15,17). The lowest BCUT2D eigenvalue weighted by molar-refractivity contribution is -0.121. The minimum Gasteiger partial charge on any atom is -0.383 e. The van der Waals surface area contributed by atoms with Crippen molar-refractivity contribution >= 4 is 5.91 Å². The van der Waals surface area contributed by atoms with E-state index in [4.69, 9.17) is 4.74 Å². The first-order valence-electron chi connectivity index (χ1n) is 7.26. The molecule has 2 aliphatic carbocycles. The first kappa shape index (κ1) is 13.8. The SMILES string of the molecule is COCCNC(=O)CNC1CCC12CCCCC2. The number of carbonyl (C=O) groups is 1. The lowest BCUT2D eigenvalue weighted by atomic mass is 9.57. The number of methoxy groups -OCH3 is 1. The van der Waals surface area contributed by atoms with E-state index in [0.29, 0.717) is 31.2 Å². The van der Waals surface area contributed by atoms with Crippen molar-refractivity contribution in [2.24, 2.45) is 5.41 Å². The van der Waals surface area contributed by atoms with Crippen LogP contribution >= 0.6 is 0 Å². The summed E-state index contributed by atoms with van der Waals surface area (Å²) in [5.74, 6) is 0.0879. The number of hydrogen-bond donors (Lipinski definition) is 2. The van der Waals surface area contributed by atoms with Gasteiger partial charge in [-0.25, -0.2) is 0 Å². The molecular formula is C14H26N2O2. The zero-order chi connectivity index (χ0) is 12.8. The number of carbonyl (C=O) groups excluding carboxylic acids is 1. The smallest absolute Gasteiger partial charge is 0.234 e. The largest absolute Gasteiger partial charge is 0.383 e. The summed E-state index contributed by atoms with van der Waals surface area (Å²) < 4.78 is 4.91. The highest BCUT2D eigenvalue weighted by Crippen LogP contribution is 2.51. The van der Waals surface area contributed by atoms with Crippen LogP contribution in [0.1, 0.15) is 44.9 Å². The van der Waals surface area contributed by atoms with Gasteiger partial charge in [0.25, 0.3) is 0 Å². The summed E-state index contributed by atoms with van der Waals surface area (Å²) in [7, 11) is 1.64. The van der Waals surface area contributed by atoms with Crippen molar-refractivity contribution in [2.75, 3.05) is 26.8 Å². The Bertz CT molecular complexity index is 275. The molecule has 1 atom stereocenters. The Morgan fingerprint density at radius 2 is 2.06 bits per heavy atom. The third kappa shape index (κ3) is 3.23. The summed E-state index contributed by atoms with van der Waals surface area (Å²) in [6.45, 7) is 1.64. The summed E-state index contributed by atoms with van der Waals surface area (Å²) >= 11 is 0. The van der Waals surface area contributed by atoms with E-state index in [1.165, 1.54) is 44.9 Å². The first-order chi connectivity index (χ1) is 8.77. The summed E-state index contributed by atoms with van der Waals surface area (Å²) in [4.78, 5) is 11.6. The summed E-state index contributed by atoms with van der Waals surface area (Å²) in [5, 5.41) is 6.31. The van der Waals surface area contributed by atoms with Gasteiger partial charge in [-0.15, -0.1) is 0 Å². The maximum Gasteiger partial charge on any atom is 0.234 e. The highest BCUT2D eigenvalue weighted by molar-refractivity contribution is 5.78. The van der Waals surface area contributed by atoms with Crippen molar-refractivity contribution in [2.45, 2.75) is 51.0 Å². The van der Waals surface area contributed by atoms with Gasteiger partial charge in [0.15, 0.2) is 0 Å². The molecule has 1 unspecified atom stereocenters. The zero-order valence-electron chi connectivity index (χ0n) is 11.5. The Morgan fingerprint density at radius 3 is 2.67 bits per heavy atom. The molecule has 0 aromatic heterocycles. The summed E-state index contributed by atoms with van der Waals surface area (Å²) in [6, 6.07) is 0.575. The van der Waals surface area contributed by atoms with E-state index in [9.17, 15) is 4.79 Å². The van der Waals surface area contributed by atoms with Gasteiger partial charge in [0.05, 0.1) is 13.2 Å². The Kier molecular flexibility index (Phi) is 5.01. The van der Waals surface area contributed by atoms with Crippen molar-refractivity contribution in [3.63, 3.8) is 0 Å². The third-order valence-electron chi connectivity index (χ3n) is 4.66. The maximum atomic E-state index is 11.6. The van der Waals surface area contributed by atoms with E-state index in [2.05, 4.69) is 10.6 Å². The van der Waals surface area contributed by atoms with E-state index in [-0.39, 0.29) is 5.91 Å². The molecule has 2 rings (SSSR count). The molecule has 2 saturated carbocycles. The summed E-state index contributed by atoms with van der Waals surface area (Å²) in [5.41, 5.74) is 0.533. The van der Waals surface area contributed by atoms with Crippen LogP contribution in [0, 0.1) is 5.41 Å². The molecule has 2 fully saturated rings. The van der Waals surface area contributed by atoms with E-state index in [0.717, 1.165) is 0 Å². The number of rotatable bonds is 6. The molecular weight excluding hydrogens is 228 g/mol. The molecule has 1 amide bonds. The van der Waals surface area contributed by atoms with Gasteiger partial charge >= 0.3 is 0 Å².